The highest BCUT2D eigenvalue weighted by atomic mass is 16.6. The molecule has 0 N–H and O–H groups in total. The lowest BCUT2D eigenvalue weighted by Gasteiger charge is -2.34. The fourth-order valence-corrected chi connectivity index (χ4v) is 2.47. The molecular formula is C14H16N2O4. The number of cyclic esters (lactones) is 1. The Morgan fingerprint density at radius 2 is 2.10 bits per heavy atom. The number of carbonyl (C=O) groups excluding carboxylic acids is 2. The van der Waals surface area contributed by atoms with Crippen LogP contribution in [-0.4, -0.2) is 54.3 Å². The van der Waals surface area contributed by atoms with E-state index >= 15 is 0 Å². The van der Waals surface area contributed by atoms with Crippen molar-refractivity contribution in [2.24, 2.45) is 0 Å². The molecule has 6 nitrogen and oxygen atoms in total. The summed E-state index contributed by atoms with van der Waals surface area (Å²) in [5.74, 6) is 0. The van der Waals surface area contributed by atoms with Gasteiger partial charge in [-0.25, -0.2) is 9.59 Å². The summed E-state index contributed by atoms with van der Waals surface area (Å²) < 4.78 is 10.3. The smallest absolute Gasteiger partial charge is 0.410 e. The van der Waals surface area contributed by atoms with Gasteiger partial charge in [0.1, 0.15) is 13.2 Å². The molecule has 2 amide bonds. The molecule has 2 aliphatic rings. The summed E-state index contributed by atoms with van der Waals surface area (Å²) in [5, 5.41) is 0. The van der Waals surface area contributed by atoms with Gasteiger partial charge in [0.25, 0.3) is 0 Å². The summed E-state index contributed by atoms with van der Waals surface area (Å²) >= 11 is 0. The first-order valence-corrected chi connectivity index (χ1v) is 6.63. The minimum atomic E-state index is -0.340. The van der Waals surface area contributed by atoms with Crippen molar-refractivity contribution in [2.45, 2.75) is 12.6 Å². The maximum Gasteiger partial charge on any atom is 0.410 e. The lowest BCUT2D eigenvalue weighted by molar-refractivity contribution is 0.0682. The maximum absolute atomic E-state index is 12.0. The summed E-state index contributed by atoms with van der Waals surface area (Å²) in [4.78, 5) is 26.7. The van der Waals surface area contributed by atoms with Crippen molar-refractivity contribution in [3.05, 3.63) is 35.9 Å². The SMILES string of the molecule is O=C(OCc1ccccc1)N1CCN2C(=O)OC[C@H]2C1. The van der Waals surface area contributed by atoms with Crippen LogP contribution in [0, 0.1) is 0 Å². The molecule has 0 radical (unpaired) electrons. The van der Waals surface area contributed by atoms with Gasteiger partial charge < -0.3 is 14.4 Å². The highest BCUT2D eigenvalue weighted by Crippen LogP contribution is 2.18. The van der Waals surface area contributed by atoms with E-state index in [1.807, 2.05) is 30.3 Å². The second kappa shape index (κ2) is 5.40. The summed E-state index contributed by atoms with van der Waals surface area (Å²) in [6, 6.07) is 9.51. The Hall–Kier alpha value is -2.24. The quantitative estimate of drug-likeness (QED) is 0.820. The molecule has 0 saturated carbocycles. The van der Waals surface area contributed by atoms with E-state index in [2.05, 4.69) is 0 Å². The van der Waals surface area contributed by atoms with Crippen molar-refractivity contribution < 1.29 is 19.1 Å². The third-order valence-corrected chi connectivity index (χ3v) is 3.58. The third kappa shape index (κ3) is 2.54. The average molecular weight is 276 g/mol. The Morgan fingerprint density at radius 3 is 2.90 bits per heavy atom. The van der Waals surface area contributed by atoms with Crippen LogP contribution < -0.4 is 0 Å². The first-order chi connectivity index (χ1) is 9.74. The Morgan fingerprint density at radius 1 is 1.30 bits per heavy atom. The maximum atomic E-state index is 12.0. The first-order valence-electron chi connectivity index (χ1n) is 6.63. The highest BCUT2D eigenvalue weighted by Gasteiger charge is 2.39. The number of ether oxygens (including phenoxy) is 2. The van der Waals surface area contributed by atoms with Gasteiger partial charge in [-0.15, -0.1) is 0 Å². The molecule has 2 fully saturated rings. The molecule has 106 valence electrons. The van der Waals surface area contributed by atoms with Crippen LogP contribution >= 0.6 is 0 Å². The standard InChI is InChI=1S/C14H16N2O4/c17-13(19-9-11-4-2-1-3-5-11)15-6-7-16-12(8-15)10-20-14(16)18/h1-5,12H,6-10H2/t12-/m1/s1. The molecule has 1 aromatic carbocycles. The molecule has 0 unspecified atom stereocenters. The lowest BCUT2D eigenvalue weighted by atomic mass is 10.2. The molecule has 1 aromatic rings. The van der Waals surface area contributed by atoms with E-state index in [0.29, 0.717) is 26.2 Å². The molecule has 0 bridgehead atoms. The number of piperazine rings is 1. The minimum absolute atomic E-state index is 0.0412. The van der Waals surface area contributed by atoms with E-state index in [1.165, 1.54) is 0 Å². The molecule has 2 aliphatic heterocycles. The molecule has 3 rings (SSSR count). The molecule has 20 heavy (non-hydrogen) atoms. The van der Waals surface area contributed by atoms with Crippen LogP contribution in [0.4, 0.5) is 9.59 Å². The van der Waals surface area contributed by atoms with E-state index in [1.54, 1.807) is 9.80 Å². The number of hydrogen-bond donors (Lipinski definition) is 0. The second-order valence-corrected chi connectivity index (χ2v) is 4.91. The van der Waals surface area contributed by atoms with Gasteiger partial charge in [-0.2, -0.15) is 0 Å². The number of hydrogen-bond acceptors (Lipinski definition) is 4. The number of amides is 2. The van der Waals surface area contributed by atoms with E-state index in [-0.39, 0.29) is 24.8 Å². The number of carbonyl (C=O) groups is 2. The van der Waals surface area contributed by atoms with E-state index in [4.69, 9.17) is 9.47 Å². The van der Waals surface area contributed by atoms with Crippen LogP contribution in [0.1, 0.15) is 5.56 Å². The van der Waals surface area contributed by atoms with Gasteiger partial charge in [0.05, 0.1) is 6.04 Å². The zero-order valence-electron chi connectivity index (χ0n) is 11.0. The fourth-order valence-electron chi connectivity index (χ4n) is 2.47. The van der Waals surface area contributed by atoms with Crippen LogP contribution in [0.25, 0.3) is 0 Å². The van der Waals surface area contributed by atoms with E-state index < -0.39 is 0 Å². The summed E-state index contributed by atoms with van der Waals surface area (Å²) in [6.07, 6.45) is -0.625. The Bertz CT molecular complexity index is 505. The number of benzene rings is 1. The minimum Gasteiger partial charge on any atom is -0.447 e. The van der Waals surface area contributed by atoms with Gasteiger partial charge in [-0.3, -0.25) is 4.90 Å². The summed E-state index contributed by atoms with van der Waals surface area (Å²) in [6.45, 7) is 2.07. The van der Waals surface area contributed by atoms with Crippen LogP contribution in [0.15, 0.2) is 30.3 Å². The van der Waals surface area contributed by atoms with Crippen molar-refractivity contribution in [1.29, 1.82) is 0 Å². The molecule has 1 atom stereocenters. The van der Waals surface area contributed by atoms with Gasteiger partial charge >= 0.3 is 12.2 Å². The fraction of sp³-hybridized carbons (Fsp3) is 0.429. The van der Waals surface area contributed by atoms with Gasteiger partial charge in [-0.1, -0.05) is 30.3 Å². The van der Waals surface area contributed by atoms with Crippen LogP contribution in [0.3, 0.4) is 0 Å². The Kier molecular flexibility index (Phi) is 3.45. The van der Waals surface area contributed by atoms with Gasteiger partial charge in [0.2, 0.25) is 0 Å². The Labute approximate surface area is 116 Å². The van der Waals surface area contributed by atoms with Gasteiger partial charge in [-0.05, 0) is 5.56 Å². The number of fused-ring (bicyclic) bond motifs is 1. The normalized spacial score (nSPS) is 21.4. The number of nitrogens with zero attached hydrogens (tertiary/aromatic N) is 2. The topological polar surface area (TPSA) is 59.1 Å². The molecule has 6 heteroatoms. The van der Waals surface area contributed by atoms with E-state index in [0.717, 1.165) is 5.56 Å². The predicted octanol–water partition coefficient (Wildman–Crippen LogP) is 1.46. The average Bonchev–Trinajstić information content (AvgIpc) is 2.87. The van der Waals surface area contributed by atoms with Crippen molar-refractivity contribution in [1.82, 2.24) is 9.80 Å². The van der Waals surface area contributed by atoms with Crippen molar-refractivity contribution in [3.8, 4) is 0 Å². The number of rotatable bonds is 2. The molecule has 0 spiro atoms. The van der Waals surface area contributed by atoms with Crippen LogP contribution in [0.2, 0.25) is 0 Å². The lowest BCUT2D eigenvalue weighted by Crippen LogP contribution is -2.53. The van der Waals surface area contributed by atoms with Crippen LogP contribution in [0.5, 0.6) is 0 Å². The molecule has 0 aliphatic carbocycles. The van der Waals surface area contributed by atoms with Gasteiger partial charge in [0.15, 0.2) is 0 Å². The second-order valence-electron chi connectivity index (χ2n) is 4.91. The molecule has 2 saturated heterocycles. The van der Waals surface area contributed by atoms with Crippen molar-refractivity contribution >= 4 is 12.2 Å². The highest BCUT2D eigenvalue weighted by molar-refractivity contribution is 5.72. The first kappa shape index (κ1) is 12.8. The third-order valence-electron chi connectivity index (χ3n) is 3.58. The summed E-state index contributed by atoms with van der Waals surface area (Å²) in [5.41, 5.74) is 0.957. The van der Waals surface area contributed by atoms with E-state index in [9.17, 15) is 9.59 Å². The van der Waals surface area contributed by atoms with Gasteiger partial charge in [0, 0.05) is 19.6 Å². The molecular weight excluding hydrogens is 260 g/mol. The molecule has 2 heterocycles. The zero-order valence-corrected chi connectivity index (χ0v) is 11.0. The monoisotopic (exact) mass is 276 g/mol. The molecule has 0 aromatic heterocycles. The predicted molar refractivity (Wildman–Crippen MR) is 70.0 cm³/mol. The van der Waals surface area contributed by atoms with Crippen LogP contribution in [-0.2, 0) is 16.1 Å². The largest absolute Gasteiger partial charge is 0.447 e. The Balaban J connectivity index is 1.52. The van der Waals surface area contributed by atoms with Crippen molar-refractivity contribution in [3.63, 3.8) is 0 Å². The zero-order chi connectivity index (χ0) is 13.9. The summed E-state index contributed by atoms with van der Waals surface area (Å²) in [7, 11) is 0. The van der Waals surface area contributed by atoms with Crippen molar-refractivity contribution in [2.75, 3.05) is 26.2 Å².